The van der Waals surface area contributed by atoms with Gasteiger partial charge in [0.25, 0.3) is 0 Å². The Morgan fingerprint density at radius 1 is 1.50 bits per heavy atom. The zero-order valence-electron chi connectivity index (χ0n) is 7.86. The quantitative estimate of drug-likeness (QED) is 0.806. The van der Waals surface area contributed by atoms with Crippen LogP contribution in [0.5, 0.6) is 5.75 Å². The molecular formula is C10H11NO3. The normalized spacial score (nSPS) is 10.7. The molecule has 0 aliphatic heterocycles. The fraction of sp³-hybridized carbons (Fsp3) is 0.300. The molecule has 0 saturated heterocycles. The highest BCUT2D eigenvalue weighted by Gasteiger charge is 2.09. The van der Waals surface area contributed by atoms with Crippen molar-refractivity contribution in [2.75, 3.05) is 6.61 Å². The third-order valence-electron chi connectivity index (χ3n) is 1.86. The second-order valence-corrected chi connectivity index (χ2v) is 2.80. The van der Waals surface area contributed by atoms with Gasteiger partial charge in [0.2, 0.25) is 5.89 Å². The highest BCUT2D eigenvalue weighted by atomic mass is 16.5. The van der Waals surface area contributed by atoms with E-state index < -0.39 is 0 Å². The van der Waals surface area contributed by atoms with Crippen molar-refractivity contribution in [3.63, 3.8) is 0 Å². The van der Waals surface area contributed by atoms with Crippen LogP contribution in [0.4, 0.5) is 0 Å². The van der Waals surface area contributed by atoms with Crippen LogP contribution in [0.2, 0.25) is 0 Å². The van der Waals surface area contributed by atoms with Crippen molar-refractivity contribution in [2.45, 2.75) is 13.5 Å². The van der Waals surface area contributed by atoms with E-state index in [0.29, 0.717) is 29.3 Å². The number of hydrogen-bond acceptors (Lipinski definition) is 4. The fourth-order valence-corrected chi connectivity index (χ4v) is 1.31. The number of fused-ring (bicyclic) bond motifs is 1. The summed E-state index contributed by atoms with van der Waals surface area (Å²) in [6, 6.07) is 5.48. The second-order valence-electron chi connectivity index (χ2n) is 2.80. The van der Waals surface area contributed by atoms with Gasteiger partial charge in [-0.2, -0.15) is 0 Å². The zero-order valence-corrected chi connectivity index (χ0v) is 7.86. The van der Waals surface area contributed by atoms with Gasteiger partial charge in [0, 0.05) is 0 Å². The monoisotopic (exact) mass is 193 g/mol. The van der Waals surface area contributed by atoms with Crippen molar-refractivity contribution in [1.29, 1.82) is 0 Å². The largest absolute Gasteiger partial charge is 0.490 e. The number of nitrogens with zero attached hydrogens (tertiary/aromatic N) is 1. The SMILES string of the molecule is CCOc1cccc2nc(CO)oc12. The van der Waals surface area contributed by atoms with Crippen molar-refractivity contribution in [3.8, 4) is 5.75 Å². The molecule has 0 spiro atoms. The van der Waals surface area contributed by atoms with Gasteiger partial charge < -0.3 is 14.3 Å². The Labute approximate surface area is 81.1 Å². The van der Waals surface area contributed by atoms with Gasteiger partial charge in [-0.1, -0.05) is 6.07 Å². The van der Waals surface area contributed by atoms with Crippen LogP contribution >= 0.6 is 0 Å². The van der Waals surface area contributed by atoms with E-state index in [9.17, 15) is 0 Å². The lowest BCUT2D eigenvalue weighted by atomic mass is 10.3. The predicted octanol–water partition coefficient (Wildman–Crippen LogP) is 1.72. The lowest BCUT2D eigenvalue weighted by Gasteiger charge is -2.01. The Morgan fingerprint density at radius 2 is 2.36 bits per heavy atom. The molecule has 0 saturated carbocycles. The van der Waals surface area contributed by atoms with Crippen molar-refractivity contribution in [1.82, 2.24) is 4.98 Å². The molecule has 0 unspecified atom stereocenters. The maximum Gasteiger partial charge on any atom is 0.221 e. The van der Waals surface area contributed by atoms with Crippen LogP contribution in [0.1, 0.15) is 12.8 Å². The maximum atomic E-state index is 8.86. The molecule has 1 aromatic heterocycles. The first-order valence-corrected chi connectivity index (χ1v) is 4.47. The number of aromatic nitrogens is 1. The Kier molecular flexibility index (Phi) is 2.37. The first-order valence-electron chi connectivity index (χ1n) is 4.47. The van der Waals surface area contributed by atoms with E-state index in [1.54, 1.807) is 0 Å². The van der Waals surface area contributed by atoms with E-state index >= 15 is 0 Å². The Morgan fingerprint density at radius 3 is 3.07 bits per heavy atom. The van der Waals surface area contributed by atoms with Crippen molar-refractivity contribution < 1.29 is 14.3 Å². The molecule has 2 aromatic rings. The van der Waals surface area contributed by atoms with E-state index in [2.05, 4.69) is 4.98 Å². The van der Waals surface area contributed by atoms with Crippen LogP contribution in [0.15, 0.2) is 22.6 Å². The van der Waals surface area contributed by atoms with Crippen LogP contribution in [0.25, 0.3) is 11.1 Å². The third-order valence-corrected chi connectivity index (χ3v) is 1.86. The summed E-state index contributed by atoms with van der Waals surface area (Å²) in [6.07, 6.45) is 0. The standard InChI is InChI=1S/C10H11NO3/c1-2-13-8-5-3-4-7-10(8)14-9(6-12)11-7/h3-5,12H,2,6H2,1H3. The van der Waals surface area contributed by atoms with Gasteiger partial charge in [0.05, 0.1) is 6.61 Å². The topological polar surface area (TPSA) is 55.5 Å². The lowest BCUT2D eigenvalue weighted by molar-refractivity contribution is 0.242. The van der Waals surface area contributed by atoms with Gasteiger partial charge in [0.15, 0.2) is 11.3 Å². The number of oxazole rings is 1. The van der Waals surface area contributed by atoms with Crippen molar-refractivity contribution >= 4 is 11.1 Å². The van der Waals surface area contributed by atoms with E-state index in [4.69, 9.17) is 14.3 Å². The molecule has 0 aliphatic carbocycles. The third kappa shape index (κ3) is 1.44. The lowest BCUT2D eigenvalue weighted by Crippen LogP contribution is -1.90. The Hall–Kier alpha value is -1.55. The molecule has 0 bridgehead atoms. The average molecular weight is 193 g/mol. The summed E-state index contributed by atoms with van der Waals surface area (Å²) in [5.41, 5.74) is 1.30. The number of para-hydroxylation sites is 1. The summed E-state index contributed by atoms with van der Waals surface area (Å²) < 4.78 is 10.7. The number of ether oxygens (including phenoxy) is 1. The molecule has 74 valence electrons. The van der Waals surface area contributed by atoms with Gasteiger partial charge in [-0.05, 0) is 19.1 Å². The minimum absolute atomic E-state index is 0.194. The van der Waals surface area contributed by atoms with Crippen LogP contribution in [0.3, 0.4) is 0 Å². The number of benzene rings is 1. The molecule has 0 amide bonds. The molecule has 1 heterocycles. The Bertz CT molecular complexity index is 436. The Balaban J connectivity index is 2.55. The highest BCUT2D eigenvalue weighted by Crippen LogP contribution is 2.26. The molecule has 1 aromatic carbocycles. The molecule has 0 aliphatic rings. The van der Waals surface area contributed by atoms with Crippen LogP contribution in [-0.4, -0.2) is 16.7 Å². The zero-order chi connectivity index (χ0) is 9.97. The van der Waals surface area contributed by atoms with Gasteiger partial charge in [-0.25, -0.2) is 4.98 Å². The summed E-state index contributed by atoms with van der Waals surface area (Å²) >= 11 is 0. The van der Waals surface area contributed by atoms with Gasteiger partial charge in [-0.15, -0.1) is 0 Å². The molecule has 4 nitrogen and oxygen atoms in total. The van der Waals surface area contributed by atoms with Crippen LogP contribution in [-0.2, 0) is 6.61 Å². The molecule has 1 N–H and O–H groups in total. The fourth-order valence-electron chi connectivity index (χ4n) is 1.31. The van der Waals surface area contributed by atoms with E-state index in [0.717, 1.165) is 0 Å². The molecule has 14 heavy (non-hydrogen) atoms. The second kappa shape index (κ2) is 3.67. The molecular weight excluding hydrogens is 182 g/mol. The molecule has 0 radical (unpaired) electrons. The maximum absolute atomic E-state index is 8.86. The van der Waals surface area contributed by atoms with Crippen LogP contribution in [0, 0.1) is 0 Å². The first-order chi connectivity index (χ1) is 6.85. The number of rotatable bonds is 3. The number of aliphatic hydroxyl groups excluding tert-OH is 1. The van der Waals surface area contributed by atoms with E-state index in [1.807, 2.05) is 25.1 Å². The van der Waals surface area contributed by atoms with Gasteiger partial charge >= 0.3 is 0 Å². The number of aliphatic hydroxyl groups is 1. The highest BCUT2D eigenvalue weighted by molar-refractivity contribution is 5.79. The first kappa shape index (κ1) is 9.02. The number of hydrogen-bond donors (Lipinski definition) is 1. The molecule has 4 heteroatoms. The van der Waals surface area contributed by atoms with Crippen molar-refractivity contribution in [2.24, 2.45) is 0 Å². The molecule has 2 rings (SSSR count). The summed E-state index contributed by atoms with van der Waals surface area (Å²) in [5.74, 6) is 0.976. The van der Waals surface area contributed by atoms with Gasteiger partial charge in [-0.3, -0.25) is 0 Å². The smallest absolute Gasteiger partial charge is 0.221 e. The van der Waals surface area contributed by atoms with E-state index in [-0.39, 0.29) is 6.61 Å². The van der Waals surface area contributed by atoms with Crippen molar-refractivity contribution in [3.05, 3.63) is 24.1 Å². The minimum Gasteiger partial charge on any atom is -0.490 e. The average Bonchev–Trinajstić information content (AvgIpc) is 2.62. The van der Waals surface area contributed by atoms with Crippen LogP contribution < -0.4 is 4.74 Å². The van der Waals surface area contributed by atoms with Gasteiger partial charge in [0.1, 0.15) is 12.1 Å². The summed E-state index contributed by atoms with van der Waals surface area (Å²) in [4.78, 5) is 4.08. The predicted molar refractivity (Wildman–Crippen MR) is 51.1 cm³/mol. The summed E-state index contributed by atoms with van der Waals surface area (Å²) in [7, 11) is 0. The molecule has 0 atom stereocenters. The van der Waals surface area contributed by atoms with E-state index in [1.165, 1.54) is 0 Å². The summed E-state index contributed by atoms with van der Waals surface area (Å²) in [6.45, 7) is 2.29. The minimum atomic E-state index is -0.194. The molecule has 0 fully saturated rings. The summed E-state index contributed by atoms with van der Waals surface area (Å²) in [5, 5.41) is 8.86.